The predicted octanol–water partition coefficient (Wildman–Crippen LogP) is 1.79. The largest absolute Gasteiger partial charge is 0.383 e. The Balaban J connectivity index is 1.88. The van der Waals surface area contributed by atoms with E-state index in [2.05, 4.69) is 28.1 Å². The van der Waals surface area contributed by atoms with Crippen LogP contribution in [0.4, 0.5) is 0 Å². The number of hydrogen-bond donors (Lipinski definition) is 1. The molecule has 0 fully saturated rings. The molecule has 0 atom stereocenters. The number of methoxy groups -OCH3 is 1. The van der Waals surface area contributed by atoms with Crippen LogP contribution in [0.15, 0.2) is 36.5 Å². The number of nitrogens with zero attached hydrogens (tertiary/aromatic N) is 1. The third-order valence-electron chi connectivity index (χ3n) is 2.89. The SMILES string of the molecule is COCCNC(=O)CCn1ccc2ccccc21. The Bertz CT molecular complexity index is 519. The van der Waals surface area contributed by atoms with Crippen molar-refractivity contribution in [3.63, 3.8) is 0 Å². The van der Waals surface area contributed by atoms with Crippen molar-refractivity contribution >= 4 is 16.8 Å². The molecule has 0 saturated heterocycles. The van der Waals surface area contributed by atoms with E-state index in [0.29, 0.717) is 26.1 Å². The van der Waals surface area contributed by atoms with Gasteiger partial charge in [0.05, 0.1) is 6.61 Å². The summed E-state index contributed by atoms with van der Waals surface area (Å²) in [4.78, 5) is 11.6. The molecule has 2 rings (SSSR count). The van der Waals surface area contributed by atoms with Crippen molar-refractivity contribution in [2.75, 3.05) is 20.3 Å². The van der Waals surface area contributed by atoms with Gasteiger partial charge in [-0.25, -0.2) is 0 Å². The van der Waals surface area contributed by atoms with E-state index in [-0.39, 0.29) is 5.91 Å². The maximum Gasteiger partial charge on any atom is 0.221 e. The van der Waals surface area contributed by atoms with Crippen LogP contribution < -0.4 is 5.32 Å². The van der Waals surface area contributed by atoms with Crippen LogP contribution in [0.3, 0.4) is 0 Å². The first-order valence-electron chi connectivity index (χ1n) is 6.11. The van der Waals surface area contributed by atoms with Crippen molar-refractivity contribution in [1.29, 1.82) is 0 Å². The number of aryl methyl sites for hydroxylation is 1. The van der Waals surface area contributed by atoms with Crippen molar-refractivity contribution in [2.45, 2.75) is 13.0 Å². The minimum absolute atomic E-state index is 0.0600. The van der Waals surface area contributed by atoms with Crippen molar-refractivity contribution in [1.82, 2.24) is 9.88 Å². The second-order valence-electron chi connectivity index (χ2n) is 4.16. The lowest BCUT2D eigenvalue weighted by Gasteiger charge is -2.06. The van der Waals surface area contributed by atoms with Crippen LogP contribution in [-0.2, 0) is 16.1 Å². The first-order chi connectivity index (χ1) is 8.81. The molecule has 0 unspecified atom stereocenters. The fourth-order valence-corrected chi connectivity index (χ4v) is 1.94. The molecule has 4 nitrogen and oxygen atoms in total. The van der Waals surface area contributed by atoms with Gasteiger partial charge >= 0.3 is 0 Å². The normalized spacial score (nSPS) is 10.7. The summed E-state index contributed by atoms with van der Waals surface area (Å²) in [5.74, 6) is 0.0600. The van der Waals surface area contributed by atoms with Crippen molar-refractivity contribution in [2.24, 2.45) is 0 Å². The fraction of sp³-hybridized carbons (Fsp3) is 0.357. The van der Waals surface area contributed by atoms with E-state index in [9.17, 15) is 4.79 Å². The molecule has 0 aliphatic carbocycles. The maximum atomic E-state index is 11.6. The molecule has 2 aromatic rings. The molecular weight excluding hydrogens is 228 g/mol. The first kappa shape index (κ1) is 12.6. The van der Waals surface area contributed by atoms with Crippen LogP contribution in [0.5, 0.6) is 0 Å². The zero-order valence-corrected chi connectivity index (χ0v) is 10.6. The first-order valence-corrected chi connectivity index (χ1v) is 6.11. The third kappa shape index (κ3) is 3.11. The number of fused-ring (bicyclic) bond motifs is 1. The summed E-state index contributed by atoms with van der Waals surface area (Å²) in [7, 11) is 1.62. The predicted molar refractivity (Wildman–Crippen MR) is 71.4 cm³/mol. The molecule has 0 spiro atoms. The third-order valence-corrected chi connectivity index (χ3v) is 2.89. The summed E-state index contributed by atoms with van der Waals surface area (Å²) < 4.78 is 6.98. The van der Waals surface area contributed by atoms with Gasteiger partial charge < -0.3 is 14.6 Å². The summed E-state index contributed by atoms with van der Waals surface area (Å²) >= 11 is 0. The van der Waals surface area contributed by atoms with Crippen LogP contribution in [0.1, 0.15) is 6.42 Å². The number of nitrogens with one attached hydrogen (secondary N) is 1. The van der Waals surface area contributed by atoms with E-state index in [1.54, 1.807) is 7.11 Å². The second kappa shape index (κ2) is 6.21. The number of benzene rings is 1. The molecule has 96 valence electrons. The number of rotatable bonds is 6. The lowest BCUT2D eigenvalue weighted by atomic mass is 10.2. The van der Waals surface area contributed by atoms with Crippen molar-refractivity contribution < 1.29 is 9.53 Å². The molecule has 1 amide bonds. The molecular formula is C14H18N2O2. The van der Waals surface area contributed by atoms with Gasteiger partial charge in [0.15, 0.2) is 0 Å². The zero-order valence-electron chi connectivity index (χ0n) is 10.6. The highest BCUT2D eigenvalue weighted by Gasteiger charge is 2.03. The highest BCUT2D eigenvalue weighted by molar-refractivity contribution is 5.80. The summed E-state index contributed by atoms with van der Waals surface area (Å²) in [5.41, 5.74) is 1.17. The van der Waals surface area contributed by atoms with E-state index >= 15 is 0 Å². The Morgan fingerprint density at radius 1 is 1.33 bits per heavy atom. The topological polar surface area (TPSA) is 43.3 Å². The monoisotopic (exact) mass is 246 g/mol. The molecule has 1 aromatic heterocycles. The lowest BCUT2D eigenvalue weighted by molar-refractivity contribution is -0.121. The van der Waals surface area contributed by atoms with E-state index in [1.807, 2.05) is 18.3 Å². The molecule has 18 heavy (non-hydrogen) atoms. The average molecular weight is 246 g/mol. The summed E-state index contributed by atoms with van der Waals surface area (Å²) in [6.45, 7) is 1.83. The van der Waals surface area contributed by atoms with Gasteiger partial charge in [0.25, 0.3) is 0 Å². The maximum absolute atomic E-state index is 11.6. The number of amides is 1. The van der Waals surface area contributed by atoms with E-state index in [0.717, 1.165) is 0 Å². The molecule has 4 heteroatoms. The van der Waals surface area contributed by atoms with Gasteiger partial charge in [0.2, 0.25) is 5.91 Å². The zero-order chi connectivity index (χ0) is 12.8. The van der Waals surface area contributed by atoms with E-state index in [1.165, 1.54) is 10.9 Å². The Labute approximate surface area is 107 Å². The van der Waals surface area contributed by atoms with Crippen molar-refractivity contribution in [3.05, 3.63) is 36.5 Å². The Hall–Kier alpha value is -1.81. The van der Waals surface area contributed by atoms with Crippen molar-refractivity contribution in [3.8, 4) is 0 Å². The molecule has 0 saturated carbocycles. The highest BCUT2D eigenvalue weighted by Crippen LogP contribution is 2.15. The van der Waals surface area contributed by atoms with Gasteiger partial charge in [-0.3, -0.25) is 4.79 Å². The summed E-state index contributed by atoms with van der Waals surface area (Å²) in [6, 6.07) is 10.2. The number of aromatic nitrogens is 1. The van der Waals surface area contributed by atoms with Gasteiger partial charge in [0.1, 0.15) is 0 Å². The molecule has 0 bridgehead atoms. The van der Waals surface area contributed by atoms with Crippen LogP contribution in [0.2, 0.25) is 0 Å². The fourth-order valence-electron chi connectivity index (χ4n) is 1.94. The minimum Gasteiger partial charge on any atom is -0.383 e. The van der Waals surface area contributed by atoms with Crippen LogP contribution in [0, 0.1) is 0 Å². The summed E-state index contributed by atoms with van der Waals surface area (Å²) in [5, 5.41) is 4.02. The van der Waals surface area contributed by atoms with Gasteiger partial charge in [-0.2, -0.15) is 0 Å². The van der Waals surface area contributed by atoms with Crippen LogP contribution in [0.25, 0.3) is 10.9 Å². The number of hydrogen-bond acceptors (Lipinski definition) is 2. The highest BCUT2D eigenvalue weighted by atomic mass is 16.5. The standard InChI is InChI=1S/C14H18N2O2/c1-18-11-8-15-14(17)7-10-16-9-6-12-4-2-3-5-13(12)16/h2-6,9H,7-8,10-11H2,1H3,(H,15,17). The Kier molecular flexibility index (Phi) is 4.36. The molecule has 0 aliphatic rings. The van der Waals surface area contributed by atoms with Gasteiger partial charge in [-0.05, 0) is 17.5 Å². The lowest BCUT2D eigenvalue weighted by Crippen LogP contribution is -2.27. The average Bonchev–Trinajstić information content (AvgIpc) is 2.80. The quantitative estimate of drug-likeness (QED) is 0.790. The number of carbonyl (C=O) groups excluding carboxylic acids is 1. The van der Waals surface area contributed by atoms with Gasteiger partial charge in [-0.15, -0.1) is 0 Å². The minimum atomic E-state index is 0.0600. The van der Waals surface area contributed by atoms with Gasteiger partial charge in [-0.1, -0.05) is 18.2 Å². The number of ether oxygens (including phenoxy) is 1. The Morgan fingerprint density at radius 3 is 3.00 bits per heavy atom. The molecule has 1 N–H and O–H groups in total. The molecule has 1 heterocycles. The number of carbonyl (C=O) groups is 1. The second-order valence-corrected chi connectivity index (χ2v) is 4.16. The van der Waals surface area contributed by atoms with Gasteiger partial charge in [0, 0.05) is 38.3 Å². The molecule has 0 radical (unpaired) electrons. The Morgan fingerprint density at radius 2 is 2.17 bits per heavy atom. The van der Waals surface area contributed by atoms with Crippen LogP contribution >= 0.6 is 0 Å². The smallest absolute Gasteiger partial charge is 0.221 e. The molecule has 1 aromatic carbocycles. The number of para-hydroxylation sites is 1. The van der Waals surface area contributed by atoms with E-state index in [4.69, 9.17) is 4.74 Å². The van der Waals surface area contributed by atoms with Crippen LogP contribution in [-0.4, -0.2) is 30.7 Å². The molecule has 0 aliphatic heterocycles. The van der Waals surface area contributed by atoms with E-state index < -0.39 is 0 Å². The summed E-state index contributed by atoms with van der Waals surface area (Å²) in [6.07, 6.45) is 2.51.